The van der Waals surface area contributed by atoms with Gasteiger partial charge in [-0.25, -0.2) is 9.78 Å². The van der Waals surface area contributed by atoms with E-state index in [4.69, 9.17) is 0 Å². The minimum Gasteiger partial charge on any atom is -0.353 e. The number of nitrogens with one attached hydrogen (secondary N) is 1. The number of carbonyl (C=O) groups excluding carboxylic acids is 1. The van der Waals surface area contributed by atoms with Crippen LogP contribution in [-0.2, 0) is 0 Å². The first-order chi connectivity index (χ1) is 11.2. The molecule has 1 N–H and O–H groups in total. The molecule has 0 fully saturated rings. The average molecular weight is 328 g/mol. The smallest absolute Gasteiger partial charge is 0.326 e. The maximum absolute atomic E-state index is 12.7. The zero-order valence-corrected chi connectivity index (χ0v) is 14.1. The first-order valence-electron chi connectivity index (χ1n) is 7.65. The fourth-order valence-corrected chi connectivity index (χ4v) is 3.16. The molecule has 1 aliphatic rings. The molecule has 0 atom stereocenters. The number of pyridine rings is 1. The van der Waals surface area contributed by atoms with E-state index in [0.29, 0.717) is 6.54 Å². The van der Waals surface area contributed by atoms with Crippen LogP contribution < -0.4 is 15.1 Å². The highest BCUT2D eigenvalue weighted by atomic mass is 32.2. The van der Waals surface area contributed by atoms with Crippen LogP contribution in [0.3, 0.4) is 0 Å². The van der Waals surface area contributed by atoms with Crippen LogP contribution in [0.15, 0.2) is 47.5 Å². The first-order valence-corrected chi connectivity index (χ1v) is 8.88. The number of anilines is 3. The van der Waals surface area contributed by atoms with E-state index < -0.39 is 0 Å². The van der Waals surface area contributed by atoms with Gasteiger partial charge in [0.15, 0.2) is 5.82 Å². The van der Waals surface area contributed by atoms with Gasteiger partial charge in [0, 0.05) is 36.4 Å². The van der Waals surface area contributed by atoms with Crippen molar-refractivity contribution in [2.24, 2.45) is 0 Å². The third kappa shape index (κ3) is 3.27. The summed E-state index contributed by atoms with van der Waals surface area (Å²) >= 11 is 1.66. The van der Waals surface area contributed by atoms with Gasteiger partial charge in [0.25, 0.3) is 0 Å². The Balaban J connectivity index is 1.82. The SMILES string of the molecule is CCN1CCN(C(=O)Nc2cccc(SC)c2)c2cccnc21. The summed E-state index contributed by atoms with van der Waals surface area (Å²) < 4.78 is 0. The van der Waals surface area contributed by atoms with Gasteiger partial charge >= 0.3 is 6.03 Å². The van der Waals surface area contributed by atoms with Gasteiger partial charge in [-0.3, -0.25) is 4.90 Å². The molecular formula is C17H20N4OS. The van der Waals surface area contributed by atoms with Crippen LogP contribution in [0.5, 0.6) is 0 Å². The van der Waals surface area contributed by atoms with Crippen molar-refractivity contribution >= 4 is 35.0 Å². The molecule has 0 bridgehead atoms. The largest absolute Gasteiger partial charge is 0.353 e. The molecule has 23 heavy (non-hydrogen) atoms. The van der Waals surface area contributed by atoms with Gasteiger partial charge in [0.1, 0.15) is 0 Å². The topological polar surface area (TPSA) is 48.5 Å². The minimum absolute atomic E-state index is 0.117. The molecule has 3 rings (SSSR count). The Morgan fingerprint density at radius 1 is 1.30 bits per heavy atom. The first kappa shape index (κ1) is 15.7. The maximum Gasteiger partial charge on any atom is 0.326 e. The molecule has 0 radical (unpaired) electrons. The highest BCUT2D eigenvalue weighted by Crippen LogP contribution is 2.31. The molecular weight excluding hydrogens is 308 g/mol. The van der Waals surface area contributed by atoms with Crippen molar-refractivity contribution in [3.05, 3.63) is 42.6 Å². The molecule has 1 aromatic heterocycles. The Morgan fingerprint density at radius 3 is 2.96 bits per heavy atom. The molecule has 2 heterocycles. The van der Waals surface area contributed by atoms with E-state index >= 15 is 0 Å². The van der Waals surface area contributed by atoms with Crippen LogP contribution in [0.25, 0.3) is 0 Å². The molecule has 1 aromatic carbocycles. The third-order valence-corrected chi connectivity index (χ3v) is 4.62. The summed E-state index contributed by atoms with van der Waals surface area (Å²) in [7, 11) is 0. The normalized spacial score (nSPS) is 13.7. The van der Waals surface area contributed by atoms with E-state index in [1.807, 2.05) is 42.7 Å². The maximum atomic E-state index is 12.7. The number of amides is 2. The predicted octanol–water partition coefficient (Wildman–Crippen LogP) is 3.68. The molecule has 2 aromatic rings. The van der Waals surface area contributed by atoms with Gasteiger partial charge in [-0.05, 0) is 43.5 Å². The summed E-state index contributed by atoms with van der Waals surface area (Å²) in [6, 6.07) is 11.6. The summed E-state index contributed by atoms with van der Waals surface area (Å²) in [4.78, 5) is 22.2. The number of carbonyl (C=O) groups is 1. The van der Waals surface area contributed by atoms with E-state index in [0.717, 1.165) is 35.2 Å². The monoisotopic (exact) mass is 328 g/mol. The number of likely N-dealkylation sites (N-methyl/N-ethyl adjacent to an activating group) is 1. The van der Waals surface area contributed by atoms with Gasteiger partial charge in [0.05, 0.1) is 5.69 Å². The molecule has 0 saturated heterocycles. The van der Waals surface area contributed by atoms with Crippen LogP contribution in [-0.4, -0.2) is 36.9 Å². The lowest BCUT2D eigenvalue weighted by atomic mass is 10.2. The van der Waals surface area contributed by atoms with E-state index in [-0.39, 0.29) is 6.03 Å². The fourth-order valence-electron chi connectivity index (χ4n) is 2.70. The number of rotatable bonds is 3. The number of thioether (sulfide) groups is 1. The summed E-state index contributed by atoms with van der Waals surface area (Å²) in [6.45, 7) is 4.43. The number of hydrogen-bond donors (Lipinski definition) is 1. The number of hydrogen-bond acceptors (Lipinski definition) is 4. The third-order valence-electron chi connectivity index (χ3n) is 3.90. The second-order valence-corrected chi connectivity index (χ2v) is 6.12. The summed E-state index contributed by atoms with van der Waals surface area (Å²) in [5, 5.41) is 2.99. The Hall–Kier alpha value is -2.21. The number of nitrogens with zero attached hydrogens (tertiary/aromatic N) is 3. The molecule has 1 aliphatic heterocycles. The van der Waals surface area contributed by atoms with Crippen molar-refractivity contribution in [1.29, 1.82) is 0 Å². The van der Waals surface area contributed by atoms with E-state index in [1.54, 1.807) is 22.9 Å². The van der Waals surface area contributed by atoms with Crippen molar-refractivity contribution in [2.75, 3.05) is 41.0 Å². The lowest BCUT2D eigenvalue weighted by Crippen LogP contribution is -2.46. The van der Waals surface area contributed by atoms with Crippen molar-refractivity contribution in [1.82, 2.24) is 4.98 Å². The number of urea groups is 1. The van der Waals surface area contributed by atoms with E-state index in [2.05, 4.69) is 22.1 Å². The van der Waals surface area contributed by atoms with Crippen LogP contribution in [0, 0.1) is 0 Å². The quantitative estimate of drug-likeness (QED) is 0.873. The minimum atomic E-state index is -0.117. The molecule has 5 nitrogen and oxygen atoms in total. The molecule has 120 valence electrons. The van der Waals surface area contributed by atoms with Crippen molar-refractivity contribution < 1.29 is 4.79 Å². The van der Waals surface area contributed by atoms with Gasteiger partial charge in [-0.2, -0.15) is 0 Å². The highest BCUT2D eigenvalue weighted by molar-refractivity contribution is 7.98. The van der Waals surface area contributed by atoms with Crippen LogP contribution in [0.4, 0.5) is 22.0 Å². The van der Waals surface area contributed by atoms with E-state index in [9.17, 15) is 4.79 Å². The summed E-state index contributed by atoms with van der Waals surface area (Å²) in [6.07, 6.45) is 3.79. The van der Waals surface area contributed by atoms with Gasteiger partial charge < -0.3 is 10.2 Å². The van der Waals surface area contributed by atoms with Crippen LogP contribution >= 0.6 is 11.8 Å². The fraction of sp³-hybridized carbons (Fsp3) is 0.294. The lowest BCUT2D eigenvalue weighted by molar-refractivity contribution is 0.256. The van der Waals surface area contributed by atoms with Gasteiger partial charge in [0.2, 0.25) is 0 Å². The zero-order valence-electron chi connectivity index (χ0n) is 13.3. The lowest BCUT2D eigenvalue weighted by Gasteiger charge is -2.35. The zero-order chi connectivity index (χ0) is 16.2. The Morgan fingerprint density at radius 2 is 2.17 bits per heavy atom. The number of fused-ring (bicyclic) bond motifs is 1. The molecule has 0 saturated carbocycles. The van der Waals surface area contributed by atoms with Gasteiger partial charge in [-0.15, -0.1) is 11.8 Å². The van der Waals surface area contributed by atoms with E-state index in [1.165, 1.54) is 0 Å². The molecule has 6 heteroatoms. The van der Waals surface area contributed by atoms with Crippen molar-refractivity contribution in [2.45, 2.75) is 11.8 Å². The molecule has 0 aliphatic carbocycles. The van der Waals surface area contributed by atoms with Crippen molar-refractivity contribution in [3.63, 3.8) is 0 Å². The Labute approximate surface area is 140 Å². The number of aromatic nitrogens is 1. The summed E-state index contributed by atoms with van der Waals surface area (Å²) in [5.74, 6) is 0.870. The van der Waals surface area contributed by atoms with Crippen molar-refractivity contribution in [3.8, 4) is 0 Å². The number of benzene rings is 1. The second-order valence-electron chi connectivity index (χ2n) is 5.24. The summed E-state index contributed by atoms with van der Waals surface area (Å²) in [5.41, 5.74) is 1.67. The highest BCUT2D eigenvalue weighted by Gasteiger charge is 2.26. The van der Waals surface area contributed by atoms with Gasteiger partial charge in [-0.1, -0.05) is 6.07 Å². The Kier molecular flexibility index (Phi) is 4.71. The molecule has 2 amide bonds. The molecule has 0 spiro atoms. The Bertz CT molecular complexity index is 706. The van der Waals surface area contributed by atoms with Crippen LogP contribution in [0.1, 0.15) is 6.92 Å². The standard InChI is InChI=1S/C17H20N4OS/c1-3-20-10-11-21(15-8-5-9-18-16(15)20)17(22)19-13-6-4-7-14(12-13)23-2/h4-9,12H,3,10-11H2,1-2H3,(H,19,22). The predicted molar refractivity (Wildman–Crippen MR) is 96.7 cm³/mol. The second kappa shape index (κ2) is 6.91. The molecule has 0 unspecified atom stereocenters. The van der Waals surface area contributed by atoms with Crippen LogP contribution in [0.2, 0.25) is 0 Å². The average Bonchev–Trinajstić information content (AvgIpc) is 2.60.